The largest absolute Gasteiger partial charge is 0.366 e. The number of morpholine rings is 1. The summed E-state index contributed by atoms with van der Waals surface area (Å²) < 4.78 is 5.29. The van der Waals surface area contributed by atoms with Gasteiger partial charge in [-0.2, -0.15) is 0 Å². The lowest BCUT2D eigenvalue weighted by atomic mass is 10.3. The third-order valence-corrected chi connectivity index (χ3v) is 2.95. The highest BCUT2D eigenvalue weighted by atomic mass is 35.5. The van der Waals surface area contributed by atoms with E-state index in [1.807, 2.05) is 0 Å². The first-order valence-corrected chi connectivity index (χ1v) is 5.73. The molecule has 92 valence electrons. The van der Waals surface area contributed by atoms with Gasteiger partial charge in [0, 0.05) is 13.1 Å². The van der Waals surface area contributed by atoms with E-state index in [0.717, 1.165) is 6.54 Å². The molecule has 1 aromatic rings. The number of carbonyl (C=O) groups is 1. The molecule has 0 aliphatic carbocycles. The van der Waals surface area contributed by atoms with Gasteiger partial charge >= 0.3 is 0 Å². The van der Waals surface area contributed by atoms with Crippen LogP contribution in [0.2, 0.25) is 10.2 Å². The highest BCUT2D eigenvalue weighted by Gasteiger charge is 2.23. The Balaban J connectivity index is 2.04. The first kappa shape index (κ1) is 12.5. The maximum Gasteiger partial charge on any atom is 0.256 e. The van der Waals surface area contributed by atoms with Gasteiger partial charge in [-0.25, -0.2) is 9.97 Å². The summed E-state index contributed by atoms with van der Waals surface area (Å²) in [6.45, 7) is 1.70. The molecule has 1 atom stereocenters. The Morgan fingerprint density at radius 2 is 2.35 bits per heavy atom. The van der Waals surface area contributed by atoms with E-state index in [-0.39, 0.29) is 21.9 Å². The number of halogens is 2. The number of ether oxygens (including phenoxy) is 1. The molecule has 6 nitrogen and oxygen atoms in total. The Morgan fingerprint density at radius 3 is 3.06 bits per heavy atom. The molecule has 2 N–H and O–H groups in total. The SMILES string of the molecule is O=C(Nc1ncnc(Cl)c1Cl)C1CNCCO1. The van der Waals surface area contributed by atoms with E-state index < -0.39 is 6.10 Å². The highest BCUT2D eigenvalue weighted by molar-refractivity contribution is 6.42. The molecule has 0 spiro atoms. The van der Waals surface area contributed by atoms with Gasteiger partial charge in [-0.1, -0.05) is 23.2 Å². The fourth-order valence-electron chi connectivity index (χ4n) is 1.37. The van der Waals surface area contributed by atoms with Crippen LogP contribution in [0.1, 0.15) is 0 Å². The second-order valence-electron chi connectivity index (χ2n) is 3.38. The van der Waals surface area contributed by atoms with Crippen LogP contribution in [0.25, 0.3) is 0 Å². The van der Waals surface area contributed by atoms with Crippen LogP contribution in [0.3, 0.4) is 0 Å². The zero-order valence-corrected chi connectivity index (χ0v) is 10.3. The van der Waals surface area contributed by atoms with Gasteiger partial charge in [-0.15, -0.1) is 0 Å². The van der Waals surface area contributed by atoms with Gasteiger partial charge < -0.3 is 15.4 Å². The molecule has 1 fully saturated rings. The van der Waals surface area contributed by atoms with Crippen molar-refractivity contribution in [3.8, 4) is 0 Å². The Bertz CT molecular complexity index is 423. The van der Waals surface area contributed by atoms with Crippen molar-refractivity contribution >= 4 is 34.9 Å². The van der Waals surface area contributed by atoms with Crippen LogP contribution >= 0.6 is 23.2 Å². The molecule has 2 heterocycles. The van der Waals surface area contributed by atoms with Gasteiger partial charge in [-0.05, 0) is 0 Å². The summed E-state index contributed by atoms with van der Waals surface area (Å²) in [7, 11) is 0. The van der Waals surface area contributed by atoms with Crippen molar-refractivity contribution in [1.29, 1.82) is 0 Å². The molecule has 1 aliphatic heterocycles. The summed E-state index contributed by atoms with van der Waals surface area (Å²) in [6, 6.07) is 0. The number of nitrogens with zero attached hydrogens (tertiary/aromatic N) is 2. The van der Waals surface area contributed by atoms with Gasteiger partial charge in [0.1, 0.15) is 17.5 Å². The van der Waals surface area contributed by atoms with Crippen LogP contribution in [0.4, 0.5) is 5.82 Å². The van der Waals surface area contributed by atoms with E-state index in [9.17, 15) is 4.79 Å². The Kier molecular flexibility index (Phi) is 4.11. The number of anilines is 1. The van der Waals surface area contributed by atoms with E-state index in [1.165, 1.54) is 6.33 Å². The molecule has 0 bridgehead atoms. The third-order valence-electron chi connectivity index (χ3n) is 2.21. The van der Waals surface area contributed by atoms with Gasteiger partial charge in [0.25, 0.3) is 5.91 Å². The highest BCUT2D eigenvalue weighted by Crippen LogP contribution is 2.25. The molecule has 1 saturated heterocycles. The van der Waals surface area contributed by atoms with E-state index in [2.05, 4.69) is 20.6 Å². The Labute approximate surface area is 108 Å². The fourth-order valence-corrected chi connectivity index (χ4v) is 1.64. The number of amides is 1. The summed E-state index contributed by atoms with van der Waals surface area (Å²) >= 11 is 11.6. The first-order valence-electron chi connectivity index (χ1n) is 4.97. The molecule has 1 unspecified atom stereocenters. The maximum atomic E-state index is 11.8. The Hall–Kier alpha value is -0.950. The number of hydrogen-bond acceptors (Lipinski definition) is 5. The van der Waals surface area contributed by atoms with Crippen molar-refractivity contribution in [3.63, 3.8) is 0 Å². The quantitative estimate of drug-likeness (QED) is 0.779. The maximum absolute atomic E-state index is 11.8. The standard InChI is InChI=1S/C9H10Cl2N4O2/c10-6-7(11)13-4-14-8(6)15-9(16)5-3-12-1-2-17-5/h4-5,12H,1-3H2,(H,13,14,15,16). The van der Waals surface area contributed by atoms with Gasteiger partial charge in [-0.3, -0.25) is 4.79 Å². The number of carbonyl (C=O) groups excluding carboxylic acids is 1. The van der Waals surface area contributed by atoms with Crippen molar-refractivity contribution in [1.82, 2.24) is 15.3 Å². The molecule has 2 rings (SSSR count). The predicted molar refractivity (Wildman–Crippen MR) is 63.3 cm³/mol. The molecule has 0 aromatic carbocycles. The average Bonchev–Trinajstić information content (AvgIpc) is 2.36. The molecule has 0 radical (unpaired) electrons. The minimum atomic E-state index is -0.548. The lowest BCUT2D eigenvalue weighted by Crippen LogP contribution is -2.45. The monoisotopic (exact) mass is 276 g/mol. The van der Waals surface area contributed by atoms with Gasteiger partial charge in [0.2, 0.25) is 0 Å². The zero-order chi connectivity index (χ0) is 12.3. The third kappa shape index (κ3) is 3.04. The summed E-state index contributed by atoms with van der Waals surface area (Å²) in [5, 5.41) is 5.81. The molecule has 1 aliphatic rings. The van der Waals surface area contributed by atoms with Crippen molar-refractivity contribution in [3.05, 3.63) is 16.5 Å². The van der Waals surface area contributed by atoms with Crippen molar-refractivity contribution < 1.29 is 9.53 Å². The molecule has 0 saturated carbocycles. The van der Waals surface area contributed by atoms with E-state index in [1.54, 1.807) is 0 Å². The van der Waals surface area contributed by atoms with E-state index in [4.69, 9.17) is 27.9 Å². The second kappa shape index (κ2) is 5.59. The van der Waals surface area contributed by atoms with Gasteiger partial charge in [0.05, 0.1) is 6.61 Å². The smallest absolute Gasteiger partial charge is 0.256 e. The summed E-state index contributed by atoms with van der Waals surface area (Å²) in [5.74, 6) is -0.125. The van der Waals surface area contributed by atoms with Crippen molar-refractivity contribution in [2.45, 2.75) is 6.10 Å². The molecular formula is C9H10Cl2N4O2. The second-order valence-corrected chi connectivity index (χ2v) is 4.12. The molecule has 17 heavy (non-hydrogen) atoms. The normalized spacial score (nSPS) is 20.0. The molecular weight excluding hydrogens is 267 g/mol. The predicted octanol–water partition coefficient (Wildman–Crippen LogP) is 0.710. The van der Waals surface area contributed by atoms with Crippen LogP contribution in [0, 0.1) is 0 Å². The van der Waals surface area contributed by atoms with Crippen molar-refractivity contribution in [2.24, 2.45) is 0 Å². The number of aromatic nitrogens is 2. The summed E-state index contributed by atoms with van der Waals surface area (Å²) in [6.07, 6.45) is 0.678. The van der Waals surface area contributed by atoms with E-state index >= 15 is 0 Å². The lowest BCUT2D eigenvalue weighted by molar-refractivity contribution is -0.128. The molecule has 1 amide bonds. The molecule has 1 aromatic heterocycles. The van der Waals surface area contributed by atoms with Crippen LogP contribution in [0.5, 0.6) is 0 Å². The summed E-state index contributed by atoms with van der Waals surface area (Å²) in [4.78, 5) is 19.3. The minimum Gasteiger partial charge on any atom is -0.366 e. The van der Waals surface area contributed by atoms with Crippen LogP contribution < -0.4 is 10.6 Å². The van der Waals surface area contributed by atoms with Crippen molar-refractivity contribution in [2.75, 3.05) is 25.0 Å². The van der Waals surface area contributed by atoms with Crippen LogP contribution in [-0.4, -0.2) is 41.7 Å². The average molecular weight is 277 g/mol. The number of nitrogens with one attached hydrogen (secondary N) is 2. The Morgan fingerprint density at radius 1 is 1.53 bits per heavy atom. The van der Waals surface area contributed by atoms with Crippen LogP contribution in [-0.2, 0) is 9.53 Å². The van der Waals surface area contributed by atoms with Gasteiger partial charge in [0.15, 0.2) is 11.0 Å². The topological polar surface area (TPSA) is 76.1 Å². The fraction of sp³-hybridized carbons (Fsp3) is 0.444. The zero-order valence-electron chi connectivity index (χ0n) is 8.74. The first-order chi connectivity index (χ1) is 8.18. The summed E-state index contributed by atoms with van der Waals surface area (Å²) in [5.41, 5.74) is 0. The minimum absolute atomic E-state index is 0.0969. The number of rotatable bonds is 2. The molecule has 8 heteroatoms. The number of hydrogen-bond donors (Lipinski definition) is 2. The van der Waals surface area contributed by atoms with E-state index in [0.29, 0.717) is 13.2 Å². The lowest BCUT2D eigenvalue weighted by Gasteiger charge is -2.22. The van der Waals surface area contributed by atoms with Crippen LogP contribution in [0.15, 0.2) is 6.33 Å².